The van der Waals surface area contributed by atoms with Crippen LogP contribution in [-0.2, 0) is 16.4 Å². The molecule has 0 saturated heterocycles. The highest BCUT2D eigenvalue weighted by atomic mass is 32.2. The summed E-state index contributed by atoms with van der Waals surface area (Å²) in [6, 6.07) is 23.8. The average molecular weight is 540 g/mol. The van der Waals surface area contributed by atoms with Gasteiger partial charge in [0.2, 0.25) is 10.0 Å². The zero-order chi connectivity index (χ0) is 27.0. The van der Waals surface area contributed by atoms with Gasteiger partial charge in [-0.25, -0.2) is 23.5 Å². The van der Waals surface area contributed by atoms with Crippen LogP contribution in [-0.4, -0.2) is 29.9 Å². The number of nitrogens with zero attached hydrogens (tertiary/aromatic N) is 2. The Morgan fingerprint density at radius 1 is 0.923 bits per heavy atom. The van der Waals surface area contributed by atoms with Crippen molar-refractivity contribution in [2.24, 2.45) is 17.0 Å². The van der Waals surface area contributed by atoms with Crippen LogP contribution in [0, 0.1) is 18.8 Å². The van der Waals surface area contributed by atoms with Crippen molar-refractivity contribution in [3.63, 3.8) is 0 Å². The number of hydrogen-bond donors (Lipinski definition) is 3. The van der Waals surface area contributed by atoms with Gasteiger partial charge in [-0.2, -0.15) is 0 Å². The maximum Gasteiger partial charge on any atom is 0.238 e. The van der Waals surface area contributed by atoms with Crippen LogP contribution in [0.4, 0.5) is 5.82 Å². The summed E-state index contributed by atoms with van der Waals surface area (Å²) in [6.07, 6.45) is 5.02. The van der Waals surface area contributed by atoms with Crippen LogP contribution in [0.1, 0.15) is 37.1 Å². The molecule has 4 N–H and O–H groups in total. The Labute approximate surface area is 228 Å². The maximum atomic E-state index is 12.5. The highest BCUT2D eigenvalue weighted by Crippen LogP contribution is 2.35. The summed E-state index contributed by atoms with van der Waals surface area (Å²) in [7, 11) is -3.82. The van der Waals surface area contributed by atoms with Crippen LogP contribution in [0.15, 0.2) is 77.7 Å². The Bertz CT molecular complexity index is 1740. The number of aryl methyl sites for hydroxylation is 1. The third-order valence-electron chi connectivity index (χ3n) is 7.95. The van der Waals surface area contributed by atoms with Crippen molar-refractivity contribution in [1.29, 1.82) is 0 Å². The molecule has 1 aliphatic carbocycles. The predicted molar refractivity (Wildman–Crippen MR) is 157 cm³/mol. The van der Waals surface area contributed by atoms with Gasteiger partial charge in [-0.1, -0.05) is 66.7 Å². The van der Waals surface area contributed by atoms with Crippen LogP contribution < -0.4 is 10.5 Å². The van der Waals surface area contributed by atoms with Crippen molar-refractivity contribution in [1.82, 2.24) is 15.0 Å². The largest absolute Gasteiger partial charge is 0.368 e. The quantitative estimate of drug-likeness (QED) is 0.228. The van der Waals surface area contributed by atoms with Crippen molar-refractivity contribution in [3.8, 4) is 11.3 Å². The van der Waals surface area contributed by atoms with Gasteiger partial charge in [0.05, 0.1) is 10.4 Å². The monoisotopic (exact) mass is 539 g/mol. The minimum absolute atomic E-state index is 0.286. The van der Waals surface area contributed by atoms with Crippen LogP contribution in [0.5, 0.6) is 0 Å². The zero-order valence-corrected chi connectivity index (χ0v) is 22.8. The molecule has 2 aromatic heterocycles. The summed E-state index contributed by atoms with van der Waals surface area (Å²) in [4.78, 5) is 13.1. The molecule has 1 aliphatic rings. The highest BCUT2D eigenvalue weighted by Gasteiger charge is 2.25. The molecule has 2 heterocycles. The molecule has 8 heteroatoms. The molecule has 200 valence electrons. The third-order valence-corrected chi connectivity index (χ3v) is 9.00. The molecule has 0 bridgehead atoms. The van der Waals surface area contributed by atoms with Crippen LogP contribution >= 0.6 is 0 Å². The molecule has 5 aromatic rings. The van der Waals surface area contributed by atoms with E-state index in [2.05, 4.69) is 33.5 Å². The van der Waals surface area contributed by atoms with Gasteiger partial charge >= 0.3 is 0 Å². The Hall–Kier alpha value is -3.75. The number of nitrogens with two attached hydrogens (primary N) is 1. The lowest BCUT2D eigenvalue weighted by molar-refractivity contribution is 0.282. The Morgan fingerprint density at radius 3 is 2.41 bits per heavy atom. The fourth-order valence-corrected chi connectivity index (χ4v) is 7.02. The Morgan fingerprint density at radius 2 is 1.64 bits per heavy atom. The summed E-state index contributed by atoms with van der Waals surface area (Å²) in [6.45, 7) is 2.77. The SMILES string of the molecule is Cc1nc(NCC2CCC(Cc3ccc4ccccc4c3S(N)(=O)=O)CC2)c2[nH]c(-c3ccccc3)cc2n1. The van der Waals surface area contributed by atoms with Crippen molar-refractivity contribution in [2.75, 3.05) is 11.9 Å². The maximum absolute atomic E-state index is 12.5. The number of anilines is 1. The second-order valence-electron chi connectivity index (χ2n) is 10.7. The van der Waals surface area contributed by atoms with E-state index in [4.69, 9.17) is 10.1 Å². The molecular formula is C31H33N5O2S. The molecule has 1 fully saturated rings. The summed E-state index contributed by atoms with van der Waals surface area (Å²) in [5.74, 6) is 2.56. The lowest BCUT2D eigenvalue weighted by Gasteiger charge is -2.29. The predicted octanol–water partition coefficient (Wildman–Crippen LogP) is 6.19. The second-order valence-corrected chi connectivity index (χ2v) is 12.2. The van der Waals surface area contributed by atoms with Gasteiger partial charge in [-0.05, 0) is 73.4 Å². The Balaban J connectivity index is 1.13. The van der Waals surface area contributed by atoms with Gasteiger partial charge in [0.1, 0.15) is 11.3 Å². The van der Waals surface area contributed by atoms with Crippen molar-refractivity contribution in [2.45, 2.75) is 43.9 Å². The summed E-state index contributed by atoms with van der Waals surface area (Å²) < 4.78 is 25.1. The number of rotatable bonds is 7. The number of primary sulfonamides is 1. The summed E-state index contributed by atoms with van der Waals surface area (Å²) >= 11 is 0. The first-order valence-corrected chi connectivity index (χ1v) is 15.1. The van der Waals surface area contributed by atoms with E-state index in [1.54, 1.807) is 0 Å². The van der Waals surface area contributed by atoms with E-state index in [-0.39, 0.29) is 4.90 Å². The second kappa shape index (κ2) is 10.4. The smallest absolute Gasteiger partial charge is 0.238 e. The standard InChI is InChI=1S/C31H33N5O2S/c1-20-34-28-18-27(24-8-3-2-4-9-24)36-29(28)31(35-20)33-19-22-13-11-21(12-14-22)17-25-16-15-23-7-5-6-10-26(23)30(25)39(32,37)38/h2-10,15-16,18,21-22,36H,11-14,17,19H2,1H3,(H2,32,37,38)(H,33,34,35). The number of nitrogens with one attached hydrogen (secondary N) is 2. The van der Waals surface area contributed by atoms with E-state index >= 15 is 0 Å². The molecule has 0 spiro atoms. The van der Waals surface area contributed by atoms with Crippen molar-refractivity contribution in [3.05, 3.63) is 84.2 Å². The molecule has 6 rings (SSSR count). The first-order valence-electron chi connectivity index (χ1n) is 13.6. The molecular weight excluding hydrogens is 506 g/mol. The molecule has 7 nitrogen and oxygen atoms in total. The van der Waals surface area contributed by atoms with Gasteiger partial charge in [0, 0.05) is 17.6 Å². The minimum atomic E-state index is -3.82. The van der Waals surface area contributed by atoms with E-state index in [1.807, 2.05) is 61.5 Å². The van der Waals surface area contributed by atoms with E-state index in [1.165, 1.54) is 0 Å². The number of aromatic nitrogens is 3. The number of fused-ring (bicyclic) bond motifs is 2. The summed E-state index contributed by atoms with van der Waals surface area (Å²) in [5, 5.41) is 10.9. The fourth-order valence-electron chi connectivity index (χ4n) is 6.01. The molecule has 0 aliphatic heterocycles. The lowest BCUT2D eigenvalue weighted by Crippen LogP contribution is -2.23. The normalized spacial score (nSPS) is 18.0. The molecule has 0 radical (unpaired) electrons. The number of benzene rings is 3. The van der Waals surface area contributed by atoms with Gasteiger partial charge in [-0.15, -0.1) is 0 Å². The van der Waals surface area contributed by atoms with Gasteiger partial charge < -0.3 is 10.3 Å². The molecule has 0 unspecified atom stereocenters. The number of aromatic amines is 1. The number of hydrogen-bond acceptors (Lipinski definition) is 5. The van der Waals surface area contributed by atoms with Gasteiger partial charge in [-0.3, -0.25) is 0 Å². The van der Waals surface area contributed by atoms with E-state index in [0.717, 1.165) is 83.5 Å². The number of H-pyrrole nitrogens is 1. The van der Waals surface area contributed by atoms with E-state index < -0.39 is 10.0 Å². The van der Waals surface area contributed by atoms with Crippen molar-refractivity contribution >= 4 is 37.6 Å². The first-order chi connectivity index (χ1) is 18.8. The lowest BCUT2D eigenvalue weighted by atomic mass is 9.79. The van der Waals surface area contributed by atoms with E-state index in [9.17, 15) is 8.42 Å². The molecule has 3 aromatic carbocycles. The first kappa shape index (κ1) is 25.5. The molecule has 0 atom stereocenters. The minimum Gasteiger partial charge on any atom is -0.368 e. The van der Waals surface area contributed by atoms with Gasteiger partial charge in [0.15, 0.2) is 5.82 Å². The van der Waals surface area contributed by atoms with Crippen LogP contribution in [0.25, 0.3) is 33.1 Å². The fraction of sp³-hybridized carbons (Fsp3) is 0.290. The van der Waals surface area contributed by atoms with Crippen LogP contribution in [0.2, 0.25) is 0 Å². The Kier molecular flexibility index (Phi) is 6.83. The average Bonchev–Trinajstić information content (AvgIpc) is 3.36. The van der Waals surface area contributed by atoms with Crippen LogP contribution in [0.3, 0.4) is 0 Å². The van der Waals surface area contributed by atoms with Gasteiger partial charge in [0.25, 0.3) is 0 Å². The van der Waals surface area contributed by atoms with Crippen molar-refractivity contribution < 1.29 is 8.42 Å². The highest BCUT2D eigenvalue weighted by molar-refractivity contribution is 7.89. The van der Waals surface area contributed by atoms with E-state index in [0.29, 0.717) is 17.2 Å². The summed E-state index contributed by atoms with van der Waals surface area (Å²) in [5.41, 5.74) is 4.82. The molecule has 39 heavy (non-hydrogen) atoms. The number of sulfonamides is 1. The molecule has 0 amide bonds. The zero-order valence-electron chi connectivity index (χ0n) is 22.0. The third kappa shape index (κ3) is 5.40. The topological polar surface area (TPSA) is 114 Å². The molecule has 1 saturated carbocycles.